The number of ether oxygens (including phenoxy) is 5. The third kappa shape index (κ3) is 18.7. The number of hydrogen-bond acceptors (Lipinski definition) is 16. The molecule has 22 nitrogen and oxygen atoms in total. The highest BCUT2D eigenvalue weighted by atomic mass is 16.5. The van der Waals surface area contributed by atoms with Crippen LogP contribution >= 0.6 is 0 Å². The molecule has 4 N–H and O–H groups in total. The second-order valence-electron chi connectivity index (χ2n) is 23.1. The number of phenolic OH excluding ortho intramolecular Hbond substituents is 2. The van der Waals surface area contributed by atoms with Crippen LogP contribution in [0.5, 0.6) is 28.7 Å². The summed E-state index contributed by atoms with van der Waals surface area (Å²) in [6.45, 7) is 1.44. The molecule has 0 saturated carbocycles. The number of likely N-dealkylation sites (N-methyl/N-ethyl adjacent to an activating group) is 3. The van der Waals surface area contributed by atoms with Gasteiger partial charge in [0.2, 0.25) is 35.2 Å². The van der Waals surface area contributed by atoms with E-state index < -0.39 is 109 Å². The summed E-state index contributed by atoms with van der Waals surface area (Å²) in [4.78, 5) is 133. The first-order chi connectivity index (χ1) is 43.0. The molecular weight excluding hydrogens is 1160 g/mol. The normalized spacial score (nSPS) is 21.4. The lowest BCUT2D eigenvalue weighted by molar-refractivity contribution is -0.165. The molecule has 1 fully saturated rings. The largest absolute Gasteiger partial charge is 0.508 e. The number of carbonyl (C=O) groups is 9. The topological polar surface area (TPSA) is 277 Å². The van der Waals surface area contributed by atoms with Gasteiger partial charge in [0.25, 0.3) is 11.8 Å². The molecule has 478 valence electrons. The number of benzene rings is 5. The minimum Gasteiger partial charge on any atom is -0.508 e. The first-order valence-corrected chi connectivity index (χ1v) is 29.8. The first kappa shape index (κ1) is 67.8. The summed E-state index contributed by atoms with van der Waals surface area (Å²) in [5, 5.41) is 26.7. The highest BCUT2D eigenvalue weighted by Crippen LogP contribution is 2.39. The van der Waals surface area contributed by atoms with Crippen LogP contribution in [-0.2, 0) is 78.3 Å². The quantitative estimate of drug-likeness (QED) is 0.0921. The van der Waals surface area contributed by atoms with E-state index in [-0.39, 0.29) is 86.8 Å². The van der Waals surface area contributed by atoms with E-state index in [9.17, 15) is 53.4 Å². The molecule has 2 aliphatic heterocycles. The maximum Gasteiger partial charge on any atom is 0.330 e. The Morgan fingerprint density at radius 2 is 1.31 bits per heavy atom. The third-order valence-electron chi connectivity index (χ3n) is 15.8. The van der Waals surface area contributed by atoms with Gasteiger partial charge in [-0.15, -0.1) is 0 Å². The number of piperidine rings is 1. The van der Waals surface area contributed by atoms with Gasteiger partial charge in [0.15, 0.2) is 18.1 Å². The van der Waals surface area contributed by atoms with Crippen LogP contribution in [0.2, 0.25) is 0 Å². The van der Waals surface area contributed by atoms with Gasteiger partial charge in [-0.05, 0) is 117 Å². The summed E-state index contributed by atoms with van der Waals surface area (Å²) >= 11 is 0. The molecule has 22 heteroatoms. The van der Waals surface area contributed by atoms with Gasteiger partial charge in [-0.3, -0.25) is 33.6 Å². The van der Waals surface area contributed by atoms with Gasteiger partial charge in [-0.2, -0.15) is 0 Å². The predicted molar refractivity (Wildman–Crippen MR) is 331 cm³/mol. The van der Waals surface area contributed by atoms with Crippen LogP contribution in [0.3, 0.4) is 0 Å². The number of hydrogen-bond donors (Lipinski definition) is 4. The van der Waals surface area contributed by atoms with Crippen LogP contribution in [0.15, 0.2) is 133 Å². The van der Waals surface area contributed by atoms with Gasteiger partial charge in [0.05, 0.1) is 26.2 Å². The highest BCUT2D eigenvalue weighted by Gasteiger charge is 2.43. The predicted octanol–water partition coefficient (Wildman–Crippen LogP) is 5.63. The van der Waals surface area contributed by atoms with Crippen LogP contribution in [-0.4, -0.2) is 175 Å². The molecule has 0 aromatic heterocycles. The molecule has 0 spiro atoms. The van der Waals surface area contributed by atoms with Crippen LogP contribution in [0, 0.1) is 5.41 Å². The van der Waals surface area contributed by atoms with Gasteiger partial charge in [-0.1, -0.05) is 91.0 Å². The third-order valence-corrected chi connectivity index (χ3v) is 15.8. The van der Waals surface area contributed by atoms with E-state index in [2.05, 4.69) is 10.6 Å². The van der Waals surface area contributed by atoms with Gasteiger partial charge >= 0.3 is 11.9 Å². The summed E-state index contributed by atoms with van der Waals surface area (Å²) in [5.41, 5.74) is 1.43. The Morgan fingerprint density at radius 1 is 0.667 bits per heavy atom. The second-order valence-corrected chi connectivity index (χ2v) is 23.1. The van der Waals surface area contributed by atoms with Gasteiger partial charge in [-0.25, -0.2) is 9.59 Å². The lowest BCUT2D eigenvalue weighted by atomic mass is 9.87. The van der Waals surface area contributed by atoms with Crippen molar-refractivity contribution in [3.05, 3.63) is 161 Å². The van der Waals surface area contributed by atoms with E-state index in [1.807, 2.05) is 6.07 Å². The second kappa shape index (κ2) is 32.0. The van der Waals surface area contributed by atoms with Crippen molar-refractivity contribution in [2.24, 2.45) is 5.41 Å². The van der Waals surface area contributed by atoms with Crippen molar-refractivity contribution in [2.45, 2.75) is 102 Å². The molecule has 2 aliphatic rings. The molecule has 1 saturated heterocycles. The lowest BCUT2D eigenvalue weighted by Crippen LogP contribution is -2.57. The van der Waals surface area contributed by atoms with E-state index >= 15 is 0 Å². The molecule has 90 heavy (non-hydrogen) atoms. The summed E-state index contributed by atoms with van der Waals surface area (Å²) in [7, 11) is 7.15. The number of aromatic hydroxyl groups is 2. The number of cyclic esters (lactones) is 2. The zero-order valence-corrected chi connectivity index (χ0v) is 51.9. The first-order valence-electron chi connectivity index (χ1n) is 29.8. The fraction of sp³-hybridized carbons (Fsp3) is 0.397. The number of methoxy groups -OCH3 is 2. The fourth-order valence-corrected chi connectivity index (χ4v) is 10.6. The van der Waals surface area contributed by atoms with Gasteiger partial charge in [0.1, 0.15) is 48.4 Å². The number of nitrogens with zero attached hydrogens (tertiary/aromatic N) is 4. The molecular formula is C68H80N6O16. The van der Waals surface area contributed by atoms with Crippen LogP contribution in [0.4, 0.5) is 0 Å². The fourth-order valence-electron chi connectivity index (χ4n) is 10.6. The number of ketones is 1. The smallest absolute Gasteiger partial charge is 0.330 e. The molecule has 5 aromatic carbocycles. The summed E-state index contributed by atoms with van der Waals surface area (Å²) in [5.74, 6) is -6.35. The summed E-state index contributed by atoms with van der Waals surface area (Å²) < 4.78 is 28.7. The molecule has 0 unspecified atom stereocenters. The molecule has 2 bridgehead atoms. The van der Waals surface area contributed by atoms with E-state index in [1.165, 1.54) is 88.2 Å². The van der Waals surface area contributed by atoms with Crippen LogP contribution in [0.25, 0.3) is 0 Å². The van der Waals surface area contributed by atoms with Crippen molar-refractivity contribution in [2.75, 3.05) is 68.2 Å². The number of phenols is 2. The van der Waals surface area contributed by atoms with Crippen LogP contribution < -0.4 is 24.8 Å². The number of rotatable bonds is 11. The number of fused-ring (bicyclic) bond motifs is 3. The average molecular weight is 1240 g/mol. The van der Waals surface area contributed by atoms with Crippen molar-refractivity contribution < 1.29 is 77.0 Å². The number of Topliss-reactive ketones (excluding diaryl/α,β-unsaturated/α-hetero) is 1. The number of carbonyl (C=O) groups excluding carboxylic acids is 9. The zero-order chi connectivity index (χ0) is 65.1. The molecule has 5 atom stereocenters. The molecule has 7 rings (SSSR count). The van der Waals surface area contributed by atoms with Crippen molar-refractivity contribution in [1.29, 1.82) is 0 Å². The Bertz CT molecular complexity index is 3380. The van der Waals surface area contributed by atoms with Crippen molar-refractivity contribution in [3.63, 3.8) is 0 Å². The van der Waals surface area contributed by atoms with E-state index in [0.717, 1.165) is 16.5 Å². The molecule has 6 amide bonds. The van der Waals surface area contributed by atoms with Crippen molar-refractivity contribution in [3.8, 4) is 28.7 Å². The minimum absolute atomic E-state index is 0.0196. The van der Waals surface area contributed by atoms with Crippen molar-refractivity contribution in [1.82, 2.24) is 30.2 Å². The SMILES string of the molecule is COc1cc(CC[C@H]2OC(=O)[C@@H]3CCCCN3C(=O)C(=O)C(C)(C)COC(=O)/C=C/CCN(C)C(=O)[C@@H](Cc3ccccc3)NC(=O)CN(C)C(=O)[C@@H](Cc3ccccc3)NC(=O)[C@H](Cc3ccc(O)cc3)N(C)C(=O)COc3cccc2c3)cc(O)c1OC. The molecule has 0 aliphatic carbocycles. The minimum atomic E-state index is -1.54. The Labute approximate surface area is 524 Å². The summed E-state index contributed by atoms with van der Waals surface area (Å²) in [6.07, 6.45) is 3.23. The van der Waals surface area contributed by atoms with Crippen molar-refractivity contribution >= 4 is 53.2 Å². The number of amides is 6. The number of aryl methyl sites for hydroxylation is 1. The molecule has 2 heterocycles. The molecule has 5 aromatic rings. The number of nitrogens with one attached hydrogen (secondary N) is 2. The monoisotopic (exact) mass is 1240 g/mol. The maximum atomic E-state index is 14.9. The highest BCUT2D eigenvalue weighted by molar-refractivity contribution is 6.38. The Balaban J connectivity index is 1.22. The van der Waals surface area contributed by atoms with E-state index in [1.54, 1.807) is 97.1 Å². The Kier molecular flexibility index (Phi) is 24.1. The maximum absolute atomic E-state index is 14.9. The van der Waals surface area contributed by atoms with Crippen LogP contribution in [0.1, 0.15) is 79.9 Å². The lowest BCUT2D eigenvalue weighted by Gasteiger charge is -2.36. The van der Waals surface area contributed by atoms with Gasteiger partial charge < -0.3 is 64.1 Å². The average Bonchev–Trinajstić information content (AvgIpc) is 2.08. The Morgan fingerprint density at radius 3 is 1.97 bits per heavy atom. The molecule has 0 radical (unpaired) electrons. The van der Waals surface area contributed by atoms with E-state index in [0.29, 0.717) is 35.1 Å². The van der Waals surface area contributed by atoms with E-state index in [4.69, 9.17) is 23.7 Å². The number of esters is 2. The zero-order valence-electron chi connectivity index (χ0n) is 51.9. The summed E-state index contributed by atoms with van der Waals surface area (Å²) in [6, 6.07) is 28.8. The van der Waals surface area contributed by atoms with Gasteiger partial charge in [0, 0.05) is 59.6 Å². The Hall–Kier alpha value is -9.73. The standard InChI is InChI=1S/C68H80N6O16/c1-68(2)43-89-60(79)26-15-16-33-71(3)64(82)51(35-44-19-10-8-11-20-44)69-58(77)41-72(4)65(83)52(36-45-21-12-9-13-22-45)70-63(81)54(37-46-27-30-49(75)31-28-46)73(5)59(78)42-88-50-24-18-23-48(40-50)56(32-29-47-38-55(76)61(87-7)57(39-47)86-6)90-67(85)53-25-14-17-34-74(53)66(84)62(68)80/h8-13,15,18-24,26-28,30-31,38-40,51-54,56,75-76H,14,16-17,25,29,32-37,41-43H2,1-7H3,(H,69,77)(H,70,81)/b26-15+/t51-,52-,53+,54+,56-/m1/s1.